The van der Waals surface area contributed by atoms with Crippen LogP contribution in [0.25, 0.3) is 11.0 Å². The third kappa shape index (κ3) is 3.96. The predicted octanol–water partition coefficient (Wildman–Crippen LogP) is 3.90. The van der Waals surface area contributed by atoms with Gasteiger partial charge in [-0.1, -0.05) is 29.8 Å². The van der Waals surface area contributed by atoms with Crippen molar-refractivity contribution in [2.24, 2.45) is 0 Å². The number of rotatable bonds is 4. The minimum absolute atomic E-state index is 0.243. The molecule has 1 aromatic heterocycles. The van der Waals surface area contributed by atoms with Crippen molar-refractivity contribution >= 4 is 28.5 Å². The van der Waals surface area contributed by atoms with Crippen molar-refractivity contribution in [3.05, 3.63) is 75.1 Å². The van der Waals surface area contributed by atoms with E-state index < -0.39 is 18.0 Å². The third-order valence-electron chi connectivity index (χ3n) is 4.47. The van der Waals surface area contributed by atoms with Crippen molar-refractivity contribution in [1.29, 1.82) is 0 Å². The minimum Gasteiger partial charge on any atom is -0.449 e. The first-order valence-corrected chi connectivity index (χ1v) is 8.89. The Kier molecular flexibility index (Phi) is 5.31. The van der Waals surface area contributed by atoms with Gasteiger partial charge in [-0.25, -0.2) is 4.79 Å². The van der Waals surface area contributed by atoms with E-state index in [-0.39, 0.29) is 16.8 Å². The molecule has 0 radical (unpaired) electrons. The van der Waals surface area contributed by atoms with Crippen LogP contribution in [0.3, 0.4) is 0 Å². The maximum atomic E-state index is 12.4. The van der Waals surface area contributed by atoms with Gasteiger partial charge in [0.1, 0.15) is 5.58 Å². The standard InChI is InChI=1S/C22H21NO5/c1-12-8-9-18-16(10-12)17(24)11-19(28-18)22(26)27-15(4)21(25)23-20-13(2)6-5-7-14(20)3/h5-11,15H,1-4H3,(H,23,25)/t15-/m1/s1. The van der Waals surface area contributed by atoms with Crippen LogP contribution in [-0.2, 0) is 9.53 Å². The zero-order valence-electron chi connectivity index (χ0n) is 16.2. The van der Waals surface area contributed by atoms with E-state index in [1.807, 2.05) is 39.0 Å². The molecule has 1 N–H and O–H groups in total. The highest BCUT2D eigenvalue weighted by atomic mass is 16.6. The Balaban J connectivity index is 1.77. The summed E-state index contributed by atoms with van der Waals surface area (Å²) in [6.45, 7) is 7.08. The van der Waals surface area contributed by atoms with Crippen molar-refractivity contribution in [2.45, 2.75) is 33.8 Å². The number of carbonyl (C=O) groups excluding carboxylic acids is 2. The molecule has 3 aromatic rings. The average molecular weight is 379 g/mol. The van der Waals surface area contributed by atoms with E-state index >= 15 is 0 Å². The molecule has 6 heteroatoms. The zero-order chi connectivity index (χ0) is 20.4. The molecular weight excluding hydrogens is 358 g/mol. The highest BCUT2D eigenvalue weighted by Gasteiger charge is 2.22. The van der Waals surface area contributed by atoms with Crippen molar-refractivity contribution in [1.82, 2.24) is 0 Å². The SMILES string of the molecule is Cc1ccc2oc(C(=O)O[C@H](C)C(=O)Nc3c(C)cccc3C)cc(=O)c2c1. The summed E-state index contributed by atoms with van der Waals surface area (Å²) in [5.74, 6) is -1.58. The van der Waals surface area contributed by atoms with E-state index in [4.69, 9.17) is 9.15 Å². The van der Waals surface area contributed by atoms with Crippen LogP contribution in [-0.4, -0.2) is 18.0 Å². The monoisotopic (exact) mass is 379 g/mol. The summed E-state index contributed by atoms with van der Waals surface area (Å²) in [6, 6.07) is 11.8. The summed E-state index contributed by atoms with van der Waals surface area (Å²) in [4.78, 5) is 37.0. The second-order valence-corrected chi connectivity index (χ2v) is 6.78. The molecule has 1 heterocycles. The van der Waals surface area contributed by atoms with Gasteiger partial charge >= 0.3 is 5.97 Å². The number of ether oxygens (including phenoxy) is 1. The van der Waals surface area contributed by atoms with Crippen LogP contribution in [0.2, 0.25) is 0 Å². The van der Waals surface area contributed by atoms with E-state index in [2.05, 4.69) is 5.32 Å². The number of fused-ring (bicyclic) bond motifs is 1. The molecule has 3 rings (SSSR count). The highest BCUT2D eigenvalue weighted by molar-refractivity contribution is 5.98. The Morgan fingerprint density at radius 1 is 1.04 bits per heavy atom. The fraction of sp³-hybridized carbons (Fsp3) is 0.227. The summed E-state index contributed by atoms with van der Waals surface area (Å²) in [5.41, 5.74) is 3.35. The van der Waals surface area contributed by atoms with E-state index in [1.165, 1.54) is 6.92 Å². The number of anilines is 1. The van der Waals surface area contributed by atoms with Crippen LogP contribution in [0, 0.1) is 20.8 Å². The number of amides is 1. The molecule has 1 atom stereocenters. The van der Waals surface area contributed by atoms with E-state index in [1.54, 1.807) is 18.2 Å². The molecule has 144 valence electrons. The first-order valence-electron chi connectivity index (χ1n) is 8.89. The van der Waals surface area contributed by atoms with Gasteiger partial charge in [-0.15, -0.1) is 0 Å². The van der Waals surface area contributed by atoms with Gasteiger partial charge in [-0.05, 0) is 51.0 Å². The molecule has 6 nitrogen and oxygen atoms in total. The van der Waals surface area contributed by atoms with Gasteiger partial charge < -0.3 is 14.5 Å². The third-order valence-corrected chi connectivity index (χ3v) is 4.47. The molecule has 0 aliphatic heterocycles. The second kappa shape index (κ2) is 7.68. The highest BCUT2D eigenvalue weighted by Crippen LogP contribution is 2.20. The minimum atomic E-state index is -1.06. The molecule has 0 saturated carbocycles. The topological polar surface area (TPSA) is 85.6 Å². The fourth-order valence-corrected chi connectivity index (χ4v) is 2.88. The number of aryl methyl sites for hydroxylation is 3. The van der Waals surface area contributed by atoms with Gasteiger partial charge in [-0.2, -0.15) is 0 Å². The molecule has 1 amide bonds. The van der Waals surface area contributed by atoms with Gasteiger partial charge in [-0.3, -0.25) is 9.59 Å². The first kappa shape index (κ1) is 19.4. The molecule has 0 unspecified atom stereocenters. The molecule has 0 aliphatic carbocycles. The lowest BCUT2D eigenvalue weighted by Crippen LogP contribution is -2.30. The lowest BCUT2D eigenvalue weighted by Gasteiger charge is -2.16. The maximum absolute atomic E-state index is 12.4. The lowest BCUT2D eigenvalue weighted by molar-refractivity contribution is -0.123. The summed E-state index contributed by atoms with van der Waals surface area (Å²) in [5, 5.41) is 3.16. The van der Waals surface area contributed by atoms with Gasteiger partial charge in [0.25, 0.3) is 5.91 Å². The van der Waals surface area contributed by atoms with Crippen molar-refractivity contribution in [3.63, 3.8) is 0 Å². The molecule has 2 aromatic carbocycles. The smallest absolute Gasteiger partial charge is 0.375 e. The van der Waals surface area contributed by atoms with Crippen LogP contribution in [0.4, 0.5) is 5.69 Å². The number of hydrogen-bond donors (Lipinski definition) is 1. The predicted molar refractivity (Wildman–Crippen MR) is 107 cm³/mol. The zero-order valence-corrected chi connectivity index (χ0v) is 16.2. The van der Waals surface area contributed by atoms with Gasteiger partial charge in [0, 0.05) is 11.8 Å². The lowest BCUT2D eigenvalue weighted by atomic mass is 10.1. The van der Waals surface area contributed by atoms with Crippen molar-refractivity contribution in [2.75, 3.05) is 5.32 Å². The number of para-hydroxylation sites is 1. The number of benzene rings is 2. The Morgan fingerprint density at radius 2 is 1.71 bits per heavy atom. The molecule has 0 fully saturated rings. The Labute approximate surface area is 162 Å². The van der Waals surface area contributed by atoms with Gasteiger partial charge in [0.05, 0.1) is 5.39 Å². The summed E-state index contributed by atoms with van der Waals surface area (Å²) < 4.78 is 10.7. The molecule has 0 saturated heterocycles. The number of carbonyl (C=O) groups is 2. The number of nitrogens with one attached hydrogen (secondary N) is 1. The Hall–Kier alpha value is -3.41. The van der Waals surface area contributed by atoms with Gasteiger partial charge in [0.15, 0.2) is 11.5 Å². The molecule has 0 bridgehead atoms. The van der Waals surface area contributed by atoms with Crippen LogP contribution in [0.5, 0.6) is 0 Å². The summed E-state index contributed by atoms with van der Waals surface area (Å²) >= 11 is 0. The normalized spacial score (nSPS) is 11.9. The van der Waals surface area contributed by atoms with Crippen LogP contribution in [0.15, 0.2) is 51.7 Å². The molecule has 0 aliphatic rings. The number of esters is 1. The summed E-state index contributed by atoms with van der Waals surface area (Å²) in [7, 11) is 0. The van der Waals surface area contributed by atoms with E-state index in [0.717, 1.165) is 22.8 Å². The average Bonchev–Trinajstić information content (AvgIpc) is 2.65. The first-order chi connectivity index (χ1) is 13.3. The van der Waals surface area contributed by atoms with Gasteiger partial charge in [0.2, 0.25) is 5.76 Å². The largest absolute Gasteiger partial charge is 0.449 e. The van der Waals surface area contributed by atoms with Crippen molar-refractivity contribution < 1.29 is 18.7 Å². The Morgan fingerprint density at radius 3 is 2.39 bits per heavy atom. The van der Waals surface area contributed by atoms with Crippen LogP contribution >= 0.6 is 0 Å². The van der Waals surface area contributed by atoms with E-state index in [9.17, 15) is 14.4 Å². The van der Waals surface area contributed by atoms with Crippen LogP contribution < -0.4 is 10.7 Å². The molecule has 28 heavy (non-hydrogen) atoms. The van der Waals surface area contributed by atoms with Crippen molar-refractivity contribution in [3.8, 4) is 0 Å². The fourth-order valence-electron chi connectivity index (χ4n) is 2.88. The number of hydrogen-bond acceptors (Lipinski definition) is 5. The van der Waals surface area contributed by atoms with E-state index in [0.29, 0.717) is 11.1 Å². The molecule has 0 spiro atoms. The summed E-state index contributed by atoms with van der Waals surface area (Å²) in [6.07, 6.45) is -1.06. The maximum Gasteiger partial charge on any atom is 0.375 e. The van der Waals surface area contributed by atoms with Crippen LogP contribution in [0.1, 0.15) is 34.2 Å². The Bertz CT molecular complexity index is 1110. The molecular formula is C22H21NO5. The second-order valence-electron chi connectivity index (χ2n) is 6.78. The quantitative estimate of drug-likeness (QED) is 0.695.